The van der Waals surface area contributed by atoms with Crippen molar-refractivity contribution < 1.29 is 34.5 Å². The number of urea groups is 1. The number of carboxylic acids is 3. The molecule has 0 aromatic rings. The molecule has 19 heavy (non-hydrogen) atoms. The highest BCUT2D eigenvalue weighted by molar-refractivity contribution is 5.85. The van der Waals surface area contributed by atoms with Gasteiger partial charge in [0.2, 0.25) is 0 Å². The van der Waals surface area contributed by atoms with Gasteiger partial charge in [-0.05, 0) is 19.8 Å². The fourth-order valence-corrected chi connectivity index (χ4v) is 1.17. The van der Waals surface area contributed by atoms with Crippen LogP contribution in [0, 0.1) is 0 Å². The number of aliphatic carboxylic acids is 3. The van der Waals surface area contributed by atoms with E-state index in [0.717, 1.165) is 0 Å². The number of carbonyl (C=O) groups excluding carboxylic acids is 1. The van der Waals surface area contributed by atoms with Gasteiger partial charge in [0.05, 0.1) is 0 Å². The molecule has 0 fully saturated rings. The van der Waals surface area contributed by atoms with Gasteiger partial charge in [-0.1, -0.05) is 0 Å². The molecule has 0 radical (unpaired) electrons. The van der Waals surface area contributed by atoms with Crippen LogP contribution < -0.4 is 10.6 Å². The van der Waals surface area contributed by atoms with Gasteiger partial charge in [0, 0.05) is 6.42 Å². The van der Waals surface area contributed by atoms with Crippen molar-refractivity contribution >= 4 is 23.9 Å². The molecule has 0 rings (SSSR count). The van der Waals surface area contributed by atoms with Crippen LogP contribution in [0.15, 0.2) is 0 Å². The lowest BCUT2D eigenvalue weighted by Gasteiger charge is -2.16. The average molecular weight is 276 g/mol. The van der Waals surface area contributed by atoms with Crippen LogP contribution in [0.3, 0.4) is 0 Å². The predicted octanol–water partition coefficient (Wildman–Crippen LogP) is -0.533. The lowest BCUT2D eigenvalue weighted by Crippen LogP contribution is -2.50. The molecule has 0 aromatic heterocycles. The molecule has 0 heterocycles. The van der Waals surface area contributed by atoms with E-state index in [1.807, 2.05) is 5.32 Å². The molecule has 9 nitrogen and oxygen atoms in total. The average Bonchev–Trinajstić information content (AvgIpc) is 2.26. The molecule has 5 N–H and O–H groups in total. The number of rotatable bonds is 8. The van der Waals surface area contributed by atoms with Crippen molar-refractivity contribution in [2.45, 2.75) is 38.3 Å². The van der Waals surface area contributed by atoms with Crippen LogP contribution in [0.1, 0.15) is 26.2 Å². The third-order valence-corrected chi connectivity index (χ3v) is 2.20. The van der Waals surface area contributed by atoms with E-state index in [-0.39, 0.29) is 19.3 Å². The molecule has 0 spiro atoms. The standard InChI is InChI=1S/C10H16N2O7/c1-5(8(15)16)11-10(19)12-6(9(17)18)3-2-4-7(13)14/h5-6H,2-4H2,1H3,(H,13,14)(H,15,16)(H,17,18)(H2,11,12,19)/t5-,6-/m0/s1. The summed E-state index contributed by atoms with van der Waals surface area (Å²) < 4.78 is 0. The fraction of sp³-hybridized carbons (Fsp3) is 0.600. The highest BCUT2D eigenvalue weighted by Crippen LogP contribution is 2.01. The summed E-state index contributed by atoms with van der Waals surface area (Å²) in [5.74, 6) is -3.63. The minimum absolute atomic E-state index is 0.0590. The largest absolute Gasteiger partial charge is 0.481 e. The monoisotopic (exact) mass is 276 g/mol. The van der Waals surface area contributed by atoms with Crippen LogP contribution in [0.4, 0.5) is 4.79 Å². The van der Waals surface area contributed by atoms with Crippen molar-refractivity contribution in [3.8, 4) is 0 Å². The summed E-state index contributed by atoms with van der Waals surface area (Å²) in [7, 11) is 0. The van der Waals surface area contributed by atoms with Gasteiger partial charge >= 0.3 is 23.9 Å². The van der Waals surface area contributed by atoms with Crippen molar-refractivity contribution in [3.63, 3.8) is 0 Å². The Bertz CT molecular complexity index is 369. The molecule has 0 unspecified atom stereocenters. The maximum Gasteiger partial charge on any atom is 0.326 e. The third-order valence-electron chi connectivity index (χ3n) is 2.20. The number of hydrogen-bond acceptors (Lipinski definition) is 4. The maximum atomic E-state index is 11.3. The van der Waals surface area contributed by atoms with Crippen molar-refractivity contribution in [3.05, 3.63) is 0 Å². The molecule has 0 bridgehead atoms. The van der Waals surface area contributed by atoms with Gasteiger partial charge in [0.15, 0.2) is 0 Å². The molecule has 108 valence electrons. The van der Waals surface area contributed by atoms with Crippen molar-refractivity contribution in [1.82, 2.24) is 10.6 Å². The Kier molecular flexibility index (Phi) is 6.94. The first kappa shape index (κ1) is 16.7. The van der Waals surface area contributed by atoms with Gasteiger partial charge < -0.3 is 26.0 Å². The minimum Gasteiger partial charge on any atom is -0.481 e. The van der Waals surface area contributed by atoms with E-state index in [0.29, 0.717) is 0 Å². The van der Waals surface area contributed by atoms with E-state index < -0.39 is 36.0 Å². The lowest BCUT2D eigenvalue weighted by molar-refractivity contribution is -0.140. The topological polar surface area (TPSA) is 153 Å². The first-order chi connectivity index (χ1) is 8.73. The minimum atomic E-state index is -1.32. The predicted molar refractivity (Wildman–Crippen MR) is 61.7 cm³/mol. The number of nitrogens with one attached hydrogen (secondary N) is 2. The van der Waals surface area contributed by atoms with Crippen molar-refractivity contribution in [1.29, 1.82) is 0 Å². The van der Waals surface area contributed by atoms with E-state index in [9.17, 15) is 19.2 Å². The van der Waals surface area contributed by atoms with Crippen LogP contribution in [-0.2, 0) is 14.4 Å². The Morgan fingerprint density at radius 1 is 1.00 bits per heavy atom. The van der Waals surface area contributed by atoms with Gasteiger partial charge in [-0.25, -0.2) is 9.59 Å². The van der Waals surface area contributed by atoms with Gasteiger partial charge in [-0.3, -0.25) is 9.59 Å². The SMILES string of the molecule is C[C@H](NC(=O)N[C@@H](CCCC(=O)O)C(=O)O)C(=O)O. The second kappa shape index (κ2) is 7.90. The van der Waals surface area contributed by atoms with Crippen LogP contribution >= 0.6 is 0 Å². The Balaban J connectivity index is 4.26. The molecule has 0 saturated heterocycles. The normalized spacial score (nSPS) is 13.1. The molecular formula is C10H16N2O7. The van der Waals surface area contributed by atoms with Gasteiger partial charge in [-0.15, -0.1) is 0 Å². The van der Waals surface area contributed by atoms with E-state index in [2.05, 4.69) is 5.32 Å². The van der Waals surface area contributed by atoms with E-state index in [1.165, 1.54) is 6.92 Å². The van der Waals surface area contributed by atoms with Crippen LogP contribution in [0.2, 0.25) is 0 Å². The van der Waals surface area contributed by atoms with Gasteiger partial charge in [0.25, 0.3) is 0 Å². The van der Waals surface area contributed by atoms with E-state index in [4.69, 9.17) is 15.3 Å². The summed E-state index contributed by atoms with van der Waals surface area (Å²) in [6.07, 6.45) is -0.184. The highest BCUT2D eigenvalue weighted by Gasteiger charge is 2.22. The van der Waals surface area contributed by atoms with Gasteiger partial charge in [0.1, 0.15) is 12.1 Å². The Hall–Kier alpha value is -2.32. The second-order valence-electron chi connectivity index (χ2n) is 3.85. The summed E-state index contributed by atoms with van der Waals surface area (Å²) in [5, 5.41) is 29.9. The number of amides is 2. The van der Waals surface area contributed by atoms with Crippen molar-refractivity contribution in [2.24, 2.45) is 0 Å². The third kappa shape index (κ3) is 7.58. The smallest absolute Gasteiger partial charge is 0.326 e. The Morgan fingerprint density at radius 3 is 2.00 bits per heavy atom. The lowest BCUT2D eigenvalue weighted by atomic mass is 10.1. The first-order valence-corrected chi connectivity index (χ1v) is 5.48. The number of hydrogen-bond donors (Lipinski definition) is 5. The summed E-state index contributed by atoms with van der Waals surface area (Å²) >= 11 is 0. The fourth-order valence-electron chi connectivity index (χ4n) is 1.17. The van der Waals surface area contributed by atoms with Crippen LogP contribution in [0.5, 0.6) is 0 Å². The van der Waals surface area contributed by atoms with Gasteiger partial charge in [-0.2, -0.15) is 0 Å². The number of carbonyl (C=O) groups is 4. The van der Waals surface area contributed by atoms with E-state index in [1.54, 1.807) is 0 Å². The summed E-state index contributed by atoms with van der Waals surface area (Å²) in [6, 6.07) is -3.36. The first-order valence-electron chi connectivity index (χ1n) is 5.48. The quantitative estimate of drug-likeness (QED) is 0.399. The molecule has 0 aliphatic rings. The highest BCUT2D eigenvalue weighted by atomic mass is 16.4. The van der Waals surface area contributed by atoms with Crippen molar-refractivity contribution in [2.75, 3.05) is 0 Å². The van der Waals surface area contributed by atoms with Crippen LogP contribution in [0.25, 0.3) is 0 Å². The summed E-state index contributed by atoms with van der Waals surface area (Å²) in [5.41, 5.74) is 0. The molecule has 0 aliphatic carbocycles. The Labute approximate surface area is 108 Å². The second-order valence-corrected chi connectivity index (χ2v) is 3.85. The molecule has 2 amide bonds. The molecule has 0 aliphatic heterocycles. The van der Waals surface area contributed by atoms with E-state index >= 15 is 0 Å². The molecular weight excluding hydrogens is 260 g/mol. The number of carboxylic acid groups (broad SMARTS) is 3. The molecule has 0 aromatic carbocycles. The molecule has 0 saturated carbocycles. The zero-order valence-electron chi connectivity index (χ0n) is 10.3. The summed E-state index contributed by atoms with van der Waals surface area (Å²) in [4.78, 5) is 42.9. The molecule has 9 heteroatoms. The summed E-state index contributed by atoms with van der Waals surface area (Å²) in [6.45, 7) is 1.22. The maximum absolute atomic E-state index is 11.3. The Morgan fingerprint density at radius 2 is 1.58 bits per heavy atom. The zero-order valence-corrected chi connectivity index (χ0v) is 10.3. The molecule has 2 atom stereocenters. The van der Waals surface area contributed by atoms with Crippen LogP contribution in [-0.4, -0.2) is 51.3 Å². The zero-order chi connectivity index (χ0) is 15.0.